The highest BCUT2D eigenvalue weighted by Crippen LogP contribution is 2.31. The average molecular weight is 438 g/mol. The molecule has 0 bridgehead atoms. The number of carbonyl (C=O) groups is 1. The quantitative estimate of drug-likeness (QED) is 0.631. The molecule has 2 aromatic rings. The van der Waals surface area contributed by atoms with Crippen LogP contribution in [0.4, 0.5) is 14.5 Å². The Balaban J connectivity index is 2.00. The van der Waals surface area contributed by atoms with Crippen molar-refractivity contribution in [1.29, 1.82) is 0 Å². The molecule has 1 heterocycles. The van der Waals surface area contributed by atoms with E-state index >= 15 is 0 Å². The van der Waals surface area contributed by atoms with E-state index in [1.54, 1.807) is 31.2 Å². The summed E-state index contributed by atoms with van der Waals surface area (Å²) >= 11 is 8.41. The Hall–Kier alpha value is -2.32. The standard InChI is InChI=1S/C18H14BrF2N3OS/c1-9-14(17(25)23-11-7-5-10(19)6-8-11)16(24-18(26)22-9)15-12(20)3-2-4-13(15)21/h2-8,16H,1H3,(H,23,25)(H2,22,24,26)/t16-/m0/s1. The van der Waals surface area contributed by atoms with Crippen LogP contribution in [0.5, 0.6) is 0 Å². The van der Waals surface area contributed by atoms with E-state index in [1.807, 2.05) is 0 Å². The third-order valence-corrected chi connectivity index (χ3v) is 4.65. The second-order valence-electron chi connectivity index (χ2n) is 5.67. The fourth-order valence-electron chi connectivity index (χ4n) is 2.73. The van der Waals surface area contributed by atoms with Crippen LogP contribution in [-0.4, -0.2) is 11.0 Å². The van der Waals surface area contributed by atoms with Crippen molar-refractivity contribution in [1.82, 2.24) is 10.6 Å². The van der Waals surface area contributed by atoms with Crippen molar-refractivity contribution in [3.63, 3.8) is 0 Å². The van der Waals surface area contributed by atoms with Gasteiger partial charge < -0.3 is 16.0 Å². The van der Waals surface area contributed by atoms with Gasteiger partial charge in [-0.1, -0.05) is 22.0 Å². The minimum atomic E-state index is -1.04. The number of allylic oxidation sites excluding steroid dienone is 1. The molecule has 3 N–H and O–H groups in total. The Morgan fingerprint density at radius 2 is 1.77 bits per heavy atom. The number of rotatable bonds is 3. The first-order valence-corrected chi connectivity index (χ1v) is 8.86. The topological polar surface area (TPSA) is 53.2 Å². The monoisotopic (exact) mass is 437 g/mol. The fraction of sp³-hybridized carbons (Fsp3) is 0.111. The molecule has 0 radical (unpaired) electrons. The molecule has 134 valence electrons. The first-order chi connectivity index (χ1) is 12.4. The van der Waals surface area contributed by atoms with Crippen LogP contribution in [0.1, 0.15) is 18.5 Å². The van der Waals surface area contributed by atoms with Gasteiger partial charge in [-0.3, -0.25) is 4.79 Å². The zero-order chi connectivity index (χ0) is 18.8. The van der Waals surface area contributed by atoms with E-state index in [0.29, 0.717) is 11.4 Å². The molecule has 3 rings (SSSR count). The molecule has 8 heteroatoms. The number of hydrogen-bond acceptors (Lipinski definition) is 2. The number of halogens is 3. The first kappa shape index (κ1) is 18.5. The summed E-state index contributed by atoms with van der Waals surface area (Å²) in [5, 5.41) is 8.54. The van der Waals surface area contributed by atoms with Gasteiger partial charge in [0.25, 0.3) is 5.91 Å². The lowest BCUT2D eigenvalue weighted by atomic mass is 9.94. The Labute approximate surface area is 162 Å². The number of carbonyl (C=O) groups excluding carboxylic acids is 1. The minimum Gasteiger partial charge on any atom is -0.351 e. The SMILES string of the molecule is CC1=C(C(=O)Nc2ccc(Br)cc2)[C@@H](c2c(F)cccc2F)NC(=S)N1. The Morgan fingerprint density at radius 1 is 1.15 bits per heavy atom. The lowest BCUT2D eigenvalue weighted by Gasteiger charge is -2.30. The molecule has 0 fully saturated rings. The third kappa shape index (κ3) is 3.76. The zero-order valence-corrected chi connectivity index (χ0v) is 16.0. The summed E-state index contributed by atoms with van der Waals surface area (Å²) < 4.78 is 29.5. The fourth-order valence-corrected chi connectivity index (χ4v) is 3.26. The first-order valence-electron chi connectivity index (χ1n) is 7.66. The van der Waals surface area contributed by atoms with Gasteiger partial charge in [-0.25, -0.2) is 8.78 Å². The van der Waals surface area contributed by atoms with E-state index in [4.69, 9.17) is 12.2 Å². The Bertz CT molecular complexity index is 895. The van der Waals surface area contributed by atoms with E-state index in [0.717, 1.165) is 16.6 Å². The van der Waals surface area contributed by atoms with Crippen molar-refractivity contribution in [2.45, 2.75) is 13.0 Å². The summed E-state index contributed by atoms with van der Waals surface area (Å²) in [4.78, 5) is 12.8. The molecular weight excluding hydrogens is 424 g/mol. The number of amides is 1. The van der Waals surface area contributed by atoms with Gasteiger partial charge in [0.1, 0.15) is 11.6 Å². The van der Waals surface area contributed by atoms with Gasteiger partial charge in [-0.15, -0.1) is 0 Å². The molecule has 0 saturated heterocycles. The van der Waals surface area contributed by atoms with Gasteiger partial charge in [-0.2, -0.15) is 0 Å². The number of nitrogens with one attached hydrogen (secondary N) is 3. The lowest BCUT2D eigenvalue weighted by molar-refractivity contribution is -0.113. The molecule has 0 aromatic heterocycles. The van der Waals surface area contributed by atoms with Crippen molar-refractivity contribution in [2.24, 2.45) is 0 Å². The number of thiocarbonyl (C=S) groups is 1. The van der Waals surface area contributed by atoms with Gasteiger partial charge in [0.05, 0.1) is 17.2 Å². The Kier molecular flexibility index (Phi) is 5.33. The minimum absolute atomic E-state index is 0.158. The molecular formula is C18H14BrF2N3OS. The van der Waals surface area contributed by atoms with E-state index in [-0.39, 0.29) is 16.2 Å². The van der Waals surface area contributed by atoms with E-state index < -0.39 is 23.6 Å². The van der Waals surface area contributed by atoms with Crippen LogP contribution in [0.15, 0.2) is 58.2 Å². The third-order valence-electron chi connectivity index (χ3n) is 3.90. The highest BCUT2D eigenvalue weighted by molar-refractivity contribution is 9.10. The van der Waals surface area contributed by atoms with Crippen LogP contribution in [0.3, 0.4) is 0 Å². The van der Waals surface area contributed by atoms with Crippen molar-refractivity contribution in [2.75, 3.05) is 5.32 Å². The molecule has 0 aliphatic carbocycles. The van der Waals surface area contributed by atoms with Crippen LogP contribution in [0.2, 0.25) is 0 Å². The predicted octanol–water partition coefficient (Wildman–Crippen LogP) is 4.16. The van der Waals surface area contributed by atoms with Gasteiger partial charge >= 0.3 is 0 Å². The summed E-state index contributed by atoms with van der Waals surface area (Å²) in [6.07, 6.45) is 0. The summed E-state index contributed by atoms with van der Waals surface area (Å²) in [5.41, 5.74) is 0.887. The summed E-state index contributed by atoms with van der Waals surface area (Å²) in [5.74, 6) is -2.00. The molecule has 1 aliphatic heterocycles. The highest BCUT2D eigenvalue weighted by Gasteiger charge is 2.33. The largest absolute Gasteiger partial charge is 0.351 e. The van der Waals surface area contributed by atoms with Gasteiger partial charge in [0.15, 0.2) is 5.11 Å². The normalized spacial score (nSPS) is 16.8. The molecule has 0 unspecified atom stereocenters. The summed E-state index contributed by atoms with van der Waals surface area (Å²) in [7, 11) is 0. The van der Waals surface area contributed by atoms with E-state index in [9.17, 15) is 13.6 Å². The van der Waals surface area contributed by atoms with Gasteiger partial charge in [0, 0.05) is 15.9 Å². The van der Waals surface area contributed by atoms with Crippen molar-refractivity contribution in [3.05, 3.63) is 75.4 Å². The molecule has 1 amide bonds. The summed E-state index contributed by atoms with van der Waals surface area (Å²) in [6, 6.07) is 9.49. The van der Waals surface area contributed by atoms with Crippen molar-refractivity contribution < 1.29 is 13.6 Å². The second kappa shape index (κ2) is 7.51. The van der Waals surface area contributed by atoms with Crippen LogP contribution in [0.25, 0.3) is 0 Å². The lowest BCUT2D eigenvalue weighted by Crippen LogP contribution is -2.46. The molecule has 1 atom stereocenters. The average Bonchev–Trinajstić information content (AvgIpc) is 2.56. The number of hydrogen-bond donors (Lipinski definition) is 3. The number of benzene rings is 2. The maximum absolute atomic E-state index is 14.3. The van der Waals surface area contributed by atoms with Crippen LogP contribution >= 0.6 is 28.1 Å². The maximum atomic E-state index is 14.3. The van der Waals surface area contributed by atoms with Gasteiger partial charge in [-0.05, 0) is 55.5 Å². The molecule has 0 saturated carbocycles. The van der Waals surface area contributed by atoms with Crippen LogP contribution in [-0.2, 0) is 4.79 Å². The number of anilines is 1. The second-order valence-corrected chi connectivity index (χ2v) is 6.99. The van der Waals surface area contributed by atoms with Crippen molar-refractivity contribution in [3.8, 4) is 0 Å². The van der Waals surface area contributed by atoms with Crippen LogP contribution in [0, 0.1) is 11.6 Å². The smallest absolute Gasteiger partial charge is 0.255 e. The predicted molar refractivity (Wildman–Crippen MR) is 103 cm³/mol. The van der Waals surface area contributed by atoms with E-state index in [1.165, 1.54) is 6.07 Å². The molecule has 2 aromatic carbocycles. The molecule has 4 nitrogen and oxygen atoms in total. The molecule has 26 heavy (non-hydrogen) atoms. The van der Waals surface area contributed by atoms with Crippen molar-refractivity contribution >= 4 is 44.9 Å². The molecule has 0 spiro atoms. The Morgan fingerprint density at radius 3 is 2.38 bits per heavy atom. The summed E-state index contributed by atoms with van der Waals surface area (Å²) in [6.45, 7) is 1.63. The molecule has 1 aliphatic rings. The maximum Gasteiger partial charge on any atom is 0.255 e. The zero-order valence-electron chi connectivity index (χ0n) is 13.6. The van der Waals surface area contributed by atoms with E-state index in [2.05, 4.69) is 31.9 Å². The van der Waals surface area contributed by atoms with Gasteiger partial charge in [0.2, 0.25) is 0 Å². The van der Waals surface area contributed by atoms with Crippen LogP contribution < -0.4 is 16.0 Å². The highest BCUT2D eigenvalue weighted by atomic mass is 79.9.